The van der Waals surface area contributed by atoms with Gasteiger partial charge in [-0.25, -0.2) is 8.42 Å². The van der Waals surface area contributed by atoms with Crippen LogP contribution in [0.4, 0.5) is 5.69 Å². The molecule has 8 heteroatoms. The molecule has 3 aromatic rings. The van der Waals surface area contributed by atoms with Crippen LogP contribution in [0.3, 0.4) is 0 Å². The molecular weight excluding hydrogens is 498 g/mol. The van der Waals surface area contributed by atoms with Gasteiger partial charge in [-0.1, -0.05) is 48.4 Å². The second kappa shape index (κ2) is 12.9. The molecule has 202 valence electrons. The number of anilines is 1. The van der Waals surface area contributed by atoms with Crippen LogP contribution in [0.15, 0.2) is 77.7 Å². The van der Waals surface area contributed by atoms with Crippen molar-refractivity contribution in [1.29, 1.82) is 0 Å². The Labute approximate surface area is 226 Å². The monoisotopic (exact) mass is 535 g/mol. The lowest BCUT2D eigenvalue weighted by molar-refractivity contribution is -0.119. The lowest BCUT2D eigenvalue weighted by Gasteiger charge is -2.26. The van der Waals surface area contributed by atoms with Crippen molar-refractivity contribution in [2.45, 2.75) is 51.1 Å². The summed E-state index contributed by atoms with van der Waals surface area (Å²) in [6, 6.07) is 21.6. The number of nitrogens with zero attached hydrogens (tertiary/aromatic N) is 2. The minimum absolute atomic E-state index is 0.0959. The van der Waals surface area contributed by atoms with Crippen LogP contribution in [-0.4, -0.2) is 45.5 Å². The minimum Gasteiger partial charge on any atom is -0.494 e. The lowest BCUT2D eigenvalue weighted by Crippen LogP contribution is -2.40. The molecular formula is C30H37N3O4S. The molecule has 0 radical (unpaired) electrons. The molecule has 1 N–H and O–H groups in total. The van der Waals surface area contributed by atoms with Gasteiger partial charge in [-0.15, -0.1) is 0 Å². The maximum atomic E-state index is 13.6. The SMILES string of the molecule is CCOc1ccc(S(=O)(=O)N(CC(=O)NCc2ccc(CN3CCCCC3)cc2)c2ccc(C)cc2)cc1. The zero-order valence-corrected chi connectivity index (χ0v) is 23.0. The van der Waals surface area contributed by atoms with Crippen LogP contribution in [0.1, 0.15) is 42.9 Å². The molecule has 0 bridgehead atoms. The zero-order valence-electron chi connectivity index (χ0n) is 22.2. The number of ether oxygens (including phenoxy) is 1. The molecule has 38 heavy (non-hydrogen) atoms. The Balaban J connectivity index is 1.43. The first-order chi connectivity index (χ1) is 18.3. The highest BCUT2D eigenvalue weighted by Gasteiger charge is 2.27. The van der Waals surface area contributed by atoms with Crippen molar-refractivity contribution in [2.24, 2.45) is 0 Å². The summed E-state index contributed by atoms with van der Waals surface area (Å²) in [6.07, 6.45) is 3.84. The summed E-state index contributed by atoms with van der Waals surface area (Å²) in [5.74, 6) is 0.213. The van der Waals surface area contributed by atoms with Gasteiger partial charge in [0.2, 0.25) is 5.91 Å². The highest BCUT2D eigenvalue weighted by molar-refractivity contribution is 7.92. The van der Waals surface area contributed by atoms with E-state index in [1.807, 2.05) is 38.1 Å². The van der Waals surface area contributed by atoms with Crippen molar-refractivity contribution in [3.8, 4) is 5.75 Å². The van der Waals surface area contributed by atoms with E-state index in [1.54, 1.807) is 24.3 Å². The molecule has 1 aliphatic heterocycles. The molecule has 0 spiro atoms. The zero-order chi connectivity index (χ0) is 27.0. The van der Waals surface area contributed by atoms with E-state index in [-0.39, 0.29) is 17.3 Å². The van der Waals surface area contributed by atoms with Crippen LogP contribution >= 0.6 is 0 Å². The van der Waals surface area contributed by atoms with Gasteiger partial charge in [-0.2, -0.15) is 0 Å². The van der Waals surface area contributed by atoms with Gasteiger partial charge in [0.1, 0.15) is 12.3 Å². The van der Waals surface area contributed by atoms with Gasteiger partial charge in [0.15, 0.2) is 0 Å². The number of carbonyl (C=O) groups excluding carboxylic acids is 1. The van der Waals surface area contributed by atoms with E-state index in [4.69, 9.17) is 4.74 Å². The third-order valence-corrected chi connectivity index (χ3v) is 8.49. The van der Waals surface area contributed by atoms with E-state index >= 15 is 0 Å². The van der Waals surface area contributed by atoms with Gasteiger partial charge in [0.05, 0.1) is 17.2 Å². The fraction of sp³-hybridized carbons (Fsp3) is 0.367. The van der Waals surface area contributed by atoms with E-state index in [1.165, 1.54) is 37.0 Å². The summed E-state index contributed by atoms with van der Waals surface area (Å²) >= 11 is 0. The summed E-state index contributed by atoms with van der Waals surface area (Å²) in [6.45, 7) is 7.53. The van der Waals surface area contributed by atoms with Gasteiger partial charge in [0, 0.05) is 13.1 Å². The topological polar surface area (TPSA) is 79.0 Å². The van der Waals surface area contributed by atoms with Gasteiger partial charge in [-0.3, -0.25) is 14.0 Å². The fourth-order valence-electron chi connectivity index (χ4n) is 4.55. The van der Waals surface area contributed by atoms with E-state index < -0.39 is 10.0 Å². The Morgan fingerprint density at radius 1 is 0.895 bits per heavy atom. The Bertz CT molecular complexity index is 1280. The average Bonchev–Trinajstić information content (AvgIpc) is 2.93. The number of rotatable bonds is 11. The quantitative estimate of drug-likeness (QED) is 0.378. The predicted octanol–water partition coefficient (Wildman–Crippen LogP) is 4.89. The molecule has 0 atom stereocenters. The van der Waals surface area contributed by atoms with Crippen molar-refractivity contribution in [2.75, 3.05) is 30.5 Å². The fourth-order valence-corrected chi connectivity index (χ4v) is 5.97. The molecule has 1 fully saturated rings. The first kappa shape index (κ1) is 27.7. The molecule has 0 aromatic heterocycles. The highest BCUT2D eigenvalue weighted by Crippen LogP contribution is 2.25. The van der Waals surface area contributed by atoms with Crippen molar-refractivity contribution in [3.63, 3.8) is 0 Å². The molecule has 1 heterocycles. The molecule has 0 saturated carbocycles. The highest BCUT2D eigenvalue weighted by atomic mass is 32.2. The number of carbonyl (C=O) groups is 1. The number of benzene rings is 3. The summed E-state index contributed by atoms with van der Waals surface area (Å²) in [5.41, 5.74) is 3.66. The number of nitrogens with one attached hydrogen (secondary N) is 1. The summed E-state index contributed by atoms with van der Waals surface area (Å²) < 4.78 is 33.8. The maximum absolute atomic E-state index is 13.6. The number of aryl methyl sites for hydroxylation is 1. The Kier molecular flexibility index (Phi) is 9.42. The molecule has 0 aliphatic carbocycles. The number of amides is 1. The number of likely N-dealkylation sites (tertiary alicyclic amines) is 1. The molecule has 4 rings (SSSR count). The van der Waals surface area contributed by atoms with Crippen molar-refractivity contribution in [3.05, 3.63) is 89.5 Å². The van der Waals surface area contributed by atoms with E-state index in [2.05, 4.69) is 22.3 Å². The summed E-state index contributed by atoms with van der Waals surface area (Å²) in [5, 5.41) is 2.89. The Morgan fingerprint density at radius 2 is 1.53 bits per heavy atom. The predicted molar refractivity (Wildman–Crippen MR) is 151 cm³/mol. The summed E-state index contributed by atoms with van der Waals surface area (Å²) in [4.78, 5) is 15.5. The number of hydrogen-bond donors (Lipinski definition) is 1. The van der Waals surface area contributed by atoms with Crippen LogP contribution in [0.25, 0.3) is 0 Å². The normalized spacial score (nSPS) is 14.2. The number of piperidine rings is 1. The standard InChI is InChI=1S/C30H37N3O4S/c1-3-37-28-15-17-29(18-16-28)38(35,36)33(27-13-7-24(2)8-14-27)23-30(34)31-21-25-9-11-26(12-10-25)22-32-19-5-4-6-20-32/h7-18H,3-6,19-23H2,1-2H3,(H,31,34). The Hall–Kier alpha value is -3.36. The lowest BCUT2D eigenvalue weighted by atomic mass is 10.1. The van der Waals surface area contributed by atoms with Crippen molar-refractivity contribution >= 4 is 21.6 Å². The summed E-state index contributed by atoms with van der Waals surface area (Å²) in [7, 11) is -3.98. The molecule has 7 nitrogen and oxygen atoms in total. The van der Waals surface area contributed by atoms with Crippen molar-refractivity contribution < 1.29 is 17.9 Å². The average molecular weight is 536 g/mol. The van der Waals surface area contributed by atoms with Crippen LogP contribution in [0, 0.1) is 6.92 Å². The van der Waals surface area contributed by atoms with Crippen LogP contribution in [-0.2, 0) is 27.9 Å². The smallest absolute Gasteiger partial charge is 0.264 e. The van der Waals surface area contributed by atoms with E-state index in [0.717, 1.165) is 35.1 Å². The van der Waals surface area contributed by atoms with E-state index in [0.29, 0.717) is 24.6 Å². The third kappa shape index (κ3) is 7.36. The largest absolute Gasteiger partial charge is 0.494 e. The molecule has 1 amide bonds. The number of sulfonamides is 1. The minimum atomic E-state index is -3.98. The van der Waals surface area contributed by atoms with Crippen LogP contribution in [0.2, 0.25) is 0 Å². The van der Waals surface area contributed by atoms with Gasteiger partial charge >= 0.3 is 0 Å². The van der Waals surface area contributed by atoms with Gasteiger partial charge in [-0.05, 0) is 87.3 Å². The third-order valence-electron chi connectivity index (χ3n) is 6.70. The maximum Gasteiger partial charge on any atom is 0.264 e. The first-order valence-corrected chi connectivity index (χ1v) is 14.7. The van der Waals surface area contributed by atoms with Crippen LogP contribution < -0.4 is 14.4 Å². The molecule has 1 aliphatic rings. The van der Waals surface area contributed by atoms with E-state index in [9.17, 15) is 13.2 Å². The van der Waals surface area contributed by atoms with Gasteiger partial charge < -0.3 is 10.1 Å². The molecule has 3 aromatic carbocycles. The molecule has 1 saturated heterocycles. The number of hydrogen-bond acceptors (Lipinski definition) is 5. The van der Waals surface area contributed by atoms with Crippen molar-refractivity contribution in [1.82, 2.24) is 10.2 Å². The van der Waals surface area contributed by atoms with Gasteiger partial charge in [0.25, 0.3) is 10.0 Å². The second-order valence-electron chi connectivity index (χ2n) is 9.68. The molecule has 0 unspecified atom stereocenters. The van der Waals surface area contributed by atoms with Crippen LogP contribution in [0.5, 0.6) is 5.75 Å². The second-order valence-corrected chi connectivity index (χ2v) is 11.5. The first-order valence-electron chi connectivity index (χ1n) is 13.2. The Morgan fingerprint density at radius 3 is 2.16 bits per heavy atom.